The summed E-state index contributed by atoms with van der Waals surface area (Å²) in [4.78, 5) is 14.4. The van der Waals surface area contributed by atoms with Crippen LogP contribution < -0.4 is 4.90 Å². The van der Waals surface area contributed by atoms with E-state index < -0.39 is 0 Å². The highest BCUT2D eigenvalue weighted by Crippen LogP contribution is 2.35. The first-order valence-corrected chi connectivity index (χ1v) is 7.84. The molecule has 0 radical (unpaired) electrons. The number of halogens is 1. The molecule has 0 unspecified atom stereocenters. The summed E-state index contributed by atoms with van der Waals surface area (Å²) in [5, 5.41) is 8.80. The molecule has 0 saturated carbocycles. The Morgan fingerprint density at radius 3 is 2.39 bits per heavy atom. The van der Waals surface area contributed by atoms with E-state index in [-0.39, 0.29) is 11.7 Å². The number of carbonyl (C=O) groups is 1. The van der Waals surface area contributed by atoms with Gasteiger partial charge in [0.25, 0.3) is 5.91 Å². The van der Waals surface area contributed by atoms with Gasteiger partial charge < -0.3 is 0 Å². The van der Waals surface area contributed by atoms with Crippen molar-refractivity contribution in [1.82, 2.24) is 0 Å². The van der Waals surface area contributed by atoms with Crippen LogP contribution in [0.3, 0.4) is 0 Å². The van der Waals surface area contributed by atoms with Crippen LogP contribution in [0, 0.1) is 17.1 Å². The molecular weight excluding hydrogens is 331 g/mol. The molecule has 1 amide bonds. The summed E-state index contributed by atoms with van der Waals surface area (Å²) in [6.07, 6.45) is 1.73. The van der Waals surface area contributed by atoms with Crippen LogP contribution in [0.25, 0.3) is 6.08 Å². The number of benzene rings is 2. The summed E-state index contributed by atoms with van der Waals surface area (Å²) >= 11 is 6.45. The fourth-order valence-corrected chi connectivity index (χ4v) is 3.38. The number of nitriles is 1. The van der Waals surface area contributed by atoms with Crippen molar-refractivity contribution in [3.8, 4) is 6.07 Å². The Morgan fingerprint density at radius 1 is 1.13 bits per heavy atom. The zero-order valence-electron chi connectivity index (χ0n) is 11.7. The quantitative estimate of drug-likeness (QED) is 0.610. The van der Waals surface area contributed by atoms with Crippen LogP contribution in [-0.4, -0.2) is 10.2 Å². The van der Waals surface area contributed by atoms with Gasteiger partial charge in [0.1, 0.15) is 5.82 Å². The lowest BCUT2D eigenvalue weighted by Gasteiger charge is -2.14. The number of hydrogen-bond acceptors (Lipinski definition) is 4. The number of thioether (sulfide) groups is 1. The lowest BCUT2D eigenvalue weighted by Crippen LogP contribution is -2.27. The molecule has 0 aliphatic carbocycles. The minimum atomic E-state index is -0.368. The van der Waals surface area contributed by atoms with Gasteiger partial charge in [0.05, 0.1) is 22.2 Å². The second kappa shape index (κ2) is 6.32. The average molecular weight is 340 g/mol. The molecule has 112 valence electrons. The Kier molecular flexibility index (Phi) is 4.24. The molecule has 0 aromatic heterocycles. The van der Waals surface area contributed by atoms with Crippen molar-refractivity contribution >= 4 is 46.0 Å². The standard InChI is InChI=1S/C17H9FN2OS2/c18-13-5-7-14(8-6-13)20-16(21)15(23-17(20)22)9-11-1-3-12(10-19)4-2-11/h1-9H/b15-9+. The number of amides is 1. The fraction of sp³-hybridized carbons (Fsp3) is 0. The van der Waals surface area contributed by atoms with Crippen molar-refractivity contribution in [3.05, 3.63) is 70.4 Å². The SMILES string of the molecule is N#Cc1ccc(/C=C2/SC(=S)N(c3ccc(F)cc3)C2=O)cc1. The van der Waals surface area contributed by atoms with Crippen molar-refractivity contribution in [2.24, 2.45) is 0 Å². The molecule has 1 aliphatic rings. The molecule has 1 saturated heterocycles. The fourth-order valence-electron chi connectivity index (χ4n) is 2.09. The largest absolute Gasteiger partial charge is 0.270 e. The number of thiocarbonyl (C=S) groups is 1. The molecule has 0 N–H and O–H groups in total. The van der Waals surface area contributed by atoms with Crippen molar-refractivity contribution in [3.63, 3.8) is 0 Å². The minimum absolute atomic E-state index is 0.240. The molecule has 1 aliphatic heterocycles. The summed E-state index contributed by atoms with van der Waals surface area (Å²) in [6, 6.07) is 14.6. The van der Waals surface area contributed by atoms with Crippen molar-refractivity contribution in [1.29, 1.82) is 5.26 Å². The van der Waals surface area contributed by atoms with Crippen LogP contribution in [0.2, 0.25) is 0 Å². The molecule has 0 atom stereocenters. The first-order chi connectivity index (χ1) is 11.1. The minimum Gasteiger partial charge on any atom is -0.268 e. The van der Waals surface area contributed by atoms with Gasteiger partial charge in [0.2, 0.25) is 0 Å². The van der Waals surface area contributed by atoms with Gasteiger partial charge in [-0.05, 0) is 48.0 Å². The first-order valence-electron chi connectivity index (χ1n) is 6.62. The smallest absolute Gasteiger partial charge is 0.268 e. The average Bonchev–Trinajstić information content (AvgIpc) is 2.83. The molecule has 2 aromatic rings. The van der Waals surface area contributed by atoms with Crippen LogP contribution >= 0.6 is 24.0 Å². The van der Waals surface area contributed by atoms with Crippen LogP contribution in [0.15, 0.2) is 53.4 Å². The van der Waals surface area contributed by atoms with E-state index in [0.717, 1.165) is 5.56 Å². The molecule has 1 fully saturated rings. The monoisotopic (exact) mass is 340 g/mol. The van der Waals surface area contributed by atoms with E-state index in [4.69, 9.17) is 17.5 Å². The van der Waals surface area contributed by atoms with E-state index in [2.05, 4.69) is 0 Å². The third-order valence-electron chi connectivity index (χ3n) is 3.22. The summed E-state index contributed by atoms with van der Waals surface area (Å²) in [7, 11) is 0. The van der Waals surface area contributed by atoms with E-state index in [0.29, 0.717) is 20.5 Å². The van der Waals surface area contributed by atoms with E-state index in [1.54, 1.807) is 30.3 Å². The lowest BCUT2D eigenvalue weighted by molar-refractivity contribution is -0.113. The number of carbonyl (C=O) groups excluding carboxylic acids is 1. The molecule has 2 aromatic carbocycles. The third kappa shape index (κ3) is 3.16. The van der Waals surface area contributed by atoms with Gasteiger partial charge in [-0.25, -0.2) is 4.39 Å². The highest BCUT2D eigenvalue weighted by Gasteiger charge is 2.33. The van der Waals surface area contributed by atoms with Gasteiger partial charge in [-0.3, -0.25) is 9.69 Å². The Labute approximate surface area is 142 Å². The van der Waals surface area contributed by atoms with Crippen LogP contribution in [0.4, 0.5) is 10.1 Å². The zero-order valence-corrected chi connectivity index (χ0v) is 13.3. The normalized spacial score (nSPS) is 16.0. The Hall–Kier alpha value is -2.49. The second-order valence-electron chi connectivity index (χ2n) is 4.73. The first kappa shape index (κ1) is 15.4. The van der Waals surface area contributed by atoms with Crippen molar-refractivity contribution in [2.75, 3.05) is 4.90 Å². The Morgan fingerprint density at radius 2 is 1.78 bits per heavy atom. The van der Waals surface area contributed by atoms with E-state index in [1.165, 1.54) is 40.9 Å². The van der Waals surface area contributed by atoms with Gasteiger partial charge >= 0.3 is 0 Å². The maximum Gasteiger partial charge on any atom is 0.270 e. The van der Waals surface area contributed by atoms with Gasteiger partial charge in [0, 0.05) is 0 Å². The summed E-state index contributed by atoms with van der Waals surface area (Å²) in [6.45, 7) is 0. The number of hydrogen-bond donors (Lipinski definition) is 0. The maximum atomic E-state index is 13.0. The molecular formula is C17H9FN2OS2. The van der Waals surface area contributed by atoms with E-state index in [1.807, 2.05) is 6.07 Å². The van der Waals surface area contributed by atoms with Crippen LogP contribution in [0.1, 0.15) is 11.1 Å². The topological polar surface area (TPSA) is 44.1 Å². The molecule has 6 heteroatoms. The second-order valence-corrected chi connectivity index (χ2v) is 6.40. The van der Waals surface area contributed by atoms with Crippen molar-refractivity contribution < 1.29 is 9.18 Å². The van der Waals surface area contributed by atoms with Crippen LogP contribution in [0.5, 0.6) is 0 Å². The Bertz CT molecular complexity index is 852. The summed E-state index contributed by atoms with van der Waals surface area (Å²) in [5.74, 6) is -0.608. The molecule has 3 rings (SSSR count). The molecule has 3 nitrogen and oxygen atoms in total. The van der Waals surface area contributed by atoms with Gasteiger partial charge in [-0.2, -0.15) is 5.26 Å². The number of anilines is 1. The van der Waals surface area contributed by atoms with Crippen LogP contribution in [-0.2, 0) is 4.79 Å². The van der Waals surface area contributed by atoms with Crippen molar-refractivity contribution in [2.45, 2.75) is 0 Å². The van der Waals surface area contributed by atoms with E-state index in [9.17, 15) is 9.18 Å². The molecule has 23 heavy (non-hydrogen) atoms. The lowest BCUT2D eigenvalue weighted by atomic mass is 10.1. The Balaban J connectivity index is 1.89. The summed E-state index contributed by atoms with van der Waals surface area (Å²) in [5.41, 5.74) is 1.90. The van der Waals surface area contributed by atoms with Gasteiger partial charge in [0.15, 0.2) is 4.32 Å². The highest BCUT2D eigenvalue weighted by atomic mass is 32.2. The zero-order chi connectivity index (χ0) is 16.4. The highest BCUT2D eigenvalue weighted by molar-refractivity contribution is 8.27. The molecule has 0 bridgehead atoms. The van der Waals surface area contributed by atoms with Gasteiger partial charge in [-0.15, -0.1) is 0 Å². The van der Waals surface area contributed by atoms with E-state index >= 15 is 0 Å². The third-order valence-corrected chi connectivity index (χ3v) is 4.52. The maximum absolute atomic E-state index is 13.0. The predicted molar refractivity (Wildman–Crippen MR) is 93.2 cm³/mol. The number of rotatable bonds is 2. The molecule has 1 heterocycles. The predicted octanol–water partition coefficient (Wildman–Crippen LogP) is 4.10. The molecule has 0 spiro atoms. The summed E-state index contributed by atoms with van der Waals surface area (Å²) < 4.78 is 13.4. The van der Waals surface area contributed by atoms with Gasteiger partial charge in [-0.1, -0.05) is 36.1 Å². The number of nitrogens with zero attached hydrogens (tertiary/aromatic N) is 2.